The first-order valence-corrected chi connectivity index (χ1v) is 2.74. The van der Waals surface area contributed by atoms with Crippen LogP contribution in [0, 0.1) is 76.6 Å². The van der Waals surface area contributed by atoms with Crippen LogP contribution in [0.5, 0.6) is 0 Å². The van der Waals surface area contributed by atoms with E-state index in [0.29, 0.717) is 0 Å². The first-order valence-electron chi connectivity index (χ1n) is 2.74. The van der Waals surface area contributed by atoms with Crippen molar-refractivity contribution in [3.05, 3.63) is 76.6 Å². The third-order valence-electron chi connectivity index (χ3n) is 0. The third kappa shape index (κ3) is 420. The van der Waals surface area contributed by atoms with Gasteiger partial charge in [-0.25, -0.2) is 0 Å². The Morgan fingerprint density at radius 1 is 0.364 bits per heavy atom. The fraction of sp³-hybridized carbons (Fsp3) is 0. The Morgan fingerprint density at radius 3 is 0.364 bits per heavy atom. The molecule has 0 bridgehead atoms. The Labute approximate surface area is 134 Å². The Kier molecular flexibility index (Phi) is 70.2. The third-order valence-corrected chi connectivity index (χ3v) is 0. The van der Waals surface area contributed by atoms with Gasteiger partial charge in [0.25, 0.3) is 0 Å². The summed E-state index contributed by atoms with van der Waals surface area (Å²) in [5.74, 6) is 0. The number of rotatable bonds is 0. The van der Waals surface area contributed by atoms with Crippen molar-refractivity contribution in [2.45, 2.75) is 0 Å². The van der Waals surface area contributed by atoms with Gasteiger partial charge in [-0.15, -0.1) is 0 Å². The second-order valence-electron chi connectivity index (χ2n) is 1.12. The molecule has 0 unspecified atom stereocenters. The van der Waals surface area contributed by atoms with Crippen LogP contribution in [0.2, 0.25) is 0 Å². The second kappa shape index (κ2) is 36.1. The van der Waals surface area contributed by atoms with Gasteiger partial charge in [0.05, 0.1) is 25.4 Å². The Balaban J connectivity index is -0.0000000250. The van der Waals surface area contributed by atoms with Crippen molar-refractivity contribution >= 4 is 31.5 Å². The zero-order valence-electron chi connectivity index (χ0n) is 9.64. The average molecular weight is 345 g/mol. The zero-order chi connectivity index (χ0) is 17.9. The molecule has 0 atom stereocenters. The van der Waals surface area contributed by atoms with E-state index in [-0.39, 0.29) is 31.5 Å². The van der Waals surface area contributed by atoms with Gasteiger partial charge in [-0.3, -0.25) is 0 Å². The number of hydrogen-bond donors (Lipinski definition) is 0. The number of nitrogens with zero attached hydrogens (tertiary/aromatic N) is 5. The summed E-state index contributed by atoms with van der Waals surface area (Å²) in [5.41, 5.74) is 0. The van der Waals surface area contributed by atoms with E-state index < -0.39 is 25.4 Å². The van der Waals surface area contributed by atoms with E-state index in [1.54, 1.807) is 0 Å². The minimum absolute atomic E-state index is 0. The van der Waals surface area contributed by atoms with Gasteiger partial charge in [0, 0.05) is 0 Å². The van der Waals surface area contributed by atoms with E-state index >= 15 is 0 Å². The molecule has 0 amide bonds. The van der Waals surface area contributed by atoms with Crippen LogP contribution in [-0.2, 0) is 0 Å². The monoisotopic (exact) mass is 345 g/mol. The fourth-order valence-electron chi connectivity index (χ4n) is 0. The molecule has 0 saturated heterocycles. The van der Waals surface area contributed by atoms with Crippen LogP contribution in [0.3, 0.4) is 0 Å². The first-order chi connectivity index (χ1) is 8.66. The quantitative estimate of drug-likeness (QED) is 0.261. The normalized spacial score (nSPS) is 5.45. The fourth-order valence-corrected chi connectivity index (χ4v) is 0. The van der Waals surface area contributed by atoms with Crippen LogP contribution in [-0.4, -0.2) is 56.9 Å². The van der Waals surface area contributed by atoms with Crippen LogP contribution in [0.15, 0.2) is 0 Å². The van der Waals surface area contributed by atoms with Gasteiger partial charge >= 0.3 is 31.5 Å². The first kappa shape index (κ1) is 42.8. The molecule has 20 nitrogen and oxygen atoms in total. The van der Waals surface area contributed by atoms with Gasteiger partial charge in [-0.2, -0.15) is 0 Å². The van der Waals surface area contributed by atoms with E-state index in [0.717, 1.165) is 0 Å². The summed E-state index contributed by atoms with van der Waals surface area (Å²) in [5, 5.41) is 73.8. The Morgan fingerprint density at radius 2 is 0.364 bits per heavy atom. The molecule has 0 spiro atoms. The maximum atomic E-state index is 8.25. The topological polar surface area (TPSA) is 331 Å². The molecular formula is BMgN5O15. The van der Waals surface area contributed by atoms with E-state index in [2.05, 4.69) is 0 Å². The van der Waals surface area contributed by atoms with Gasteiger partial charge in [-0.1, -0.05) is 0 Å². The minimum atomic E-state index is -1.75. The molecule has 0 aromatic heterocycles. The van der Waals surface area contributed by atoms with Crippen LogP contribution in [0.4, 0.5) is 0 Å². The van der Waals surface area contributed by atoms with Crippen LogP contribution in [0.25, 0.3) is 0 Å². The largest absolute Gasteiger partial charge is 3.00 e. The molecule has 22 heteroatoms. The van der Waals surface area contributed by atoms with Gasteiger partial charge in [-0.05, 0) is 0 Å². The van der Waals surface area contributed by atoms with Gasteiger partial charge in [0.15, 0.2) is 0 Å². The van der Waals surface area contributed by atoms with Crippen LogP contribution in [0.1, 0.15) is 0 Å². The molecule has 0 rings (SSSR count). The summed E-state index contributed by atoms with van der Waals surface area (Å²) in [6.45, 7) is 0. The molecule has 0 aliphatic rings. The van der Waals surface area contributed by atoms with Crippen molar-refractivity contribution in [3.8, 4) is 0 Å². The van der Waals surface area contributed by atoms with Crippen molar-refractivity contribution in [3.63, 3.8) is 0 Å². The maximum Gasteiger partial charge on any atom is 3.00 e. The van der Waals surface area contributed by atoms with Gasteiger partial charge in [0.2, 0.25) is 0 Å². The Bertz CT molecular complexity index is 213. The van der Waals surface area contributed by atoms with E-state index in [1.165, 1.54) is 0 Å². The predicted octanol–water partition coefficient (Wildman–Crippen LogP) is -1.96. The molecule has 22 heavy (non-hydrogen) atoms. The van der Waals surface area contributed by atoms with E-state index in [9.17, 15) is 0 Å². The second-order valence-corrected chi connectivity index (χ2v) is 1.12. The standard InChI is InChI=1S/B.Mg.5NO3/c;;5*2-1(3)4/q+3;+2;5*-1. The summed E-state index contributed by atoms with van der Waals surface area (Å²) < 4.78 is 0. The molecule has 0 heterocycles. The van der Waals surface area contributed by atoms with Crippen molar-refractivity contribution in [2.75, 3.05) is 0 Å². The molecule has 0 aromatic rings. The molecule has 0 fully saturated rings. The SMILES string of the molecule is O=[N+]([O-])[O-].O=[N+]([O-])[O-].O=[N+]([O-])[O-].O=[N+]([O-])[O-].O=[N+]([O-])[O-].[B+3].[Mg+2]. The van der Waals surface area contributed by atoms with Crippen LogP contribution < -0.4 is 0 Å². The van der Waals surface area contributed by atoms with Gasteiger partial charge in [0.1, 0.15) is 0 Å². The van der Waals surface area contributed by atoms with Crippen molar-refractivity contribution in [1.29, 1.82) is 0 Å². The molecule has 0 aliphatic heterocycles. The van der Waals surface area contributed by atoms with E-state index in [1.807, 2.05) is 0 Å². The smallest absolute Gasteiger partial charge is 0.356 e. The minimum Gasteiger partial charge on any atom is -0.356 e. The molecule has 0 radical (unpaired) electrons. The zero-order valence-corrected chi connectivity index (χ0v) is 11.1. The summed E-state index contributed by atoms with van der Waals surface area (Å²) in [4.78, 5) is 41.2. The van der Waals surface area contributed by atoms with Crippen molar-refractivity contribution in [2.24, 2.45) is 0 Å². The van der Waals surface area contributed by atoms with E-state index in [4.69, 9.17) is 76.6 Å². The summed E-state index contributed by atoms with van der Waals surface area (Å²) in [7, 11) is 0. The van der Waals surface area contributed by atoms with Crippen LogP contribution >= 0.6 is 0 Å². The summed E-state index contributed by atoms with van der Waals surface area (Å²) >= 11 is 0. The summed E-state index contributed by atoms with van der Waals surface area (Å²) in [6, 6.07) is 0. The molecule has 0 saturated carbocycles. The maximum absolute atomic E-state index is 8.25. The van der Waals surface area contributed by atoms with Gasteiger partial charge < -0.3 is 76.6 Å². The average Bonchev–Trinajstić information content (AvgIpc) is 1.94. The Hall–Kier alpha value is -3.17. The van der Waals surface area contributed by atoms with Crippen molar-refractivity contribution < 1.29 is 25.4 Å². The van der Waals surface area contributed by atoms with Crippen molar-refractivity contribution in [1.82, 2.24) is 0 Å². The number of hydrogen-bond acceptors (Lipinski definition) is 15. The molecule has 120 valence electrons. The molecule has 0 aromatic carbocycles. The predicted molar refractivity (Wildman–Crippen MR) is 63.3 cm³/mol. The molecular weight excluding hydrogens is 345 g/mol. The molecule has 0 aliphatic carbocycles. The molecule has 0 N–H and O–H groups in total. The summed E-state index contributed by atoms with van der Waals surface area (Å²) in [6.07, 6.45) is 0.